The molecule has 0 bridgehead atoms. The molecule has 0 spiro atoms. The zero-order chi connectivity index (χ0) is 13.4. The molecule has 1 saturated carbocycles. The largest absolute Gasteiger partial charge is 0.356 e. The fourth-order valence-electron chi connectivity index (χ4n) is 2.66. The first-order valence-corrected chi connectivity index (χ1v) is 8.57. The Bertz CT molecular complexity index is 289. The lowest BCUT2D eigenvalue weighted by molar-refractivity contribution is -0.123. The van der Waals surface area contributed by atoms with E-state index in [1.807, 2.05) is 0 Å². The van der Waals surface area contributed by atoms with Crippen molar-refractivity contribution in [3.63, 3.8) is 0 Å². The number of amides is 1. The molecule has 1 atom stereocenters. The fraction of sp³-hybridized carbons (Fsp3) is 0.923. The molecular formula is C13H26N2O2S. The third kappa shape index (κ3) is 5.48. The summed E-state index contributed by atoms with van der Waals surface area (Å²) in [6.07, 6.45) is 8.84. The van der Waals surface area contributed by atoms with Gasteiger partial charge in [0, 0.05) is 35.8 Å². The third-order valence-electron chi connectivity index (χ3n) is 3.81. The molecule has 18 heavy (non-hydrogen) atoms. The Kier molecular flexibility index (Phi) is 6.86. The van der Waals surface area contributed by atoms with Crippen molar-refractivity contribution in [3.05, 3.63) is 0 Å². The van der Waals surface area contributed by atoms with Crippen LogP contribution in [0, 0.1) is 5.41 Å². The van der Waals surface area contributed by atoms with Crippen LogP contribution in [0.4, 0.5) is 0 Å². The van der Waals surface area contributed by atoms with Gasteiger partial charge in [-0.25, -0.2) is 0 Å². The molecule has 4 nitrogen and oxygen atoms in total. The molecule has 1 amide bonds. The number of nitrogens with two attached hydrogens (primary N) is 1. The van der Waals surface area contributed by atoms with Gasteiger partial charge in [0.15, 0.2) is 0 Å². The molecule has 1 aliphatic carbocycles. The lowest BCUT2D eigenvalue weighted by Gasteiger charge is -2.35. The van der Waals surface area contributed by atoms with Crippen molar-refractivity contribution in [3.8, 4) is 0 Å². The molecule has 0 aromatic heterocycles. The molecule has 0 aromatic rings. The number of carbonyl (C=O) groups is 1. The average Bonchev–Trinajstić information content (AvgIpc) is 2.35. The average molecular weight is 274 g/mol. The second-order valence-corrected chi connectivity index (χ2v) is 6.98. The van der Waals surface area contributed by atoms with Gasteiger partial charge in [-0.05, 0) is 31.2 Å². The van der Waals surface area contributed by atoms with Crippen molar-refractivity contribution in [1.82, 2.24) is 5.32 Å². The summed E-state index contributed by atoms with van der Waals surface area (Å²) < 4.78 is 10.9. The van der Waals surface area contributed by atoms with E-state index in [9.17, 15) is 9.00 Å². The standard InChI is InChI=1S/C13H26N2O2S/c1-18(17)9-5-8-15-12(16)10-13(11-14)6-3-2-4-7-13/h2-11,14H2,1H3,(H,15,16). The van der Waals surface area contributed by atoms with Crippen molar-refractivity contribution in [2.75, 3.05) is 25.1 Å². The first-order chi connectivity index (χ1) is 8.58. The molecule has 0 aromatic carbocycles. The summed E-state index contributed by atoms with van der Waals surface area (Å²) in [6.45, 7) is 1.23. The molecular weight excluding hydrogens is 248 g/mol. The van der Waals surface area contributed by atoms with Crippen molar-refractivity contribution < 1.29 is 9.00 Å². The van der Waals surface area contributed by atoms with Crippen molar-refractivity contribution in [2.45, 2.75) is 44.9 Å². The van der Waals surface area contributed by atoms with E-state index in [4.69, 9.17) is 5.73 Å². The number of hydrogen-bond acceptors (Lipinski definition) is 3. The van der Waals surface area contributed by atoms with Gasteiger partial charge in [-0.15, -0.1) is 0 Å². The number of nitrogens with one attached hydrogen (secondary N) is 1. The molecule has 1 aliphatic rings. The van der Waals surface area contributed by atoms with Crippen LogP contribution in [0.2, 0.25) is 0 Å². The van der Waals surface area contributed by atoms with Gasteiger partial charge in [-0.3, -0.25) is 9.00 Å². The van der Waals surface area contributed by atoms with E-state index in [0.717, 1.165) is 19.3 Å². The normalized spacial score (nSPS) is 20.3. The first kappa shape index (κ1) is 15.6. The summed E-state index contributed by atoms with van der Waals surface area (Å²) in [5.41, 5.74) is 5.90. The second kappa shape index (κ2) is 7.89. The Morgan fingerprint density at radius 1 is 1.33 bits per heavy atom. The molecule has 3 N–H and O–H groups in total. The Balaban J connectivity index is 2.26. The number of hydrogen-bond donors (Lipinski definition) is 2. The molecule has 1 unspecified atom stereocenters. The van der Waals surface area contributed by atoms with E-state index in [0.29, 0.717) is 25.3 Å². The Morgan fingerprint density at radius 2 is 2.00 bits per heavy atom. The number of carbonyl (C=O) groups excluding carboxylic acids is 1. The summed E-state index contributed by atoms with van der Waals surface area (Å²) in [7, 11) is -0.768. The van der Waals surface area contributed by atoms with Crippen LogP contribution in [-0.2, 0) is 15.6 Å². The van der Waals surface area contributed by atoms with Gasteiger partial charge in [0.25, 0.3) is 0 Å². The SMILES string of the molecule is CS(=O)CCCNC(=O)CC1(CN)CCCCC1. The second-order valence-electron chi connectivity index (χ2n) is 5.42. The Labute approximate surface area is 113 Å². The van der Waals surface area contributed by atoms with Crippen LogP contribution in [-0.4, -0.2) is 35.2 Å². The third-order valence-corrected chi connectivity index (χ3v) is 4.68. The van der Waals surface area contributed by atoms with Crippen LogP contribution in [0.3, 0.4) is 0 Å². The summed E-state index contributed by atoms with van der Waals surface area (Å²) in [4.78, 5) is 11.9. The molecule has 0 heterocycles. The van der Waals surface area contributed by atoms with Crippen LogP contribution in [0.5, 0.6) is 0 Å². The van der Waals surface area contributed by atoms with Gasteiger partial charge in [-0.2, -0.15) is 0 Å². The lowest BCUT2D eigenvalue weighted by Crippen LogP contribution is -2.39. The van der Waals surface area contributed by atoms with E-state index >= 15 is 0 Å². The number of rotatable bonds is 7. The summed E-state index contributed by atoms with van der Waals surface area (Å²) >= 11 is 0. The highest BCUT2D eigenvalue weighted by molar-refractivity contribution is 7.84. The lowest BCUT2D eigenvalue weighted by atomic mass is 9.71. The molecule has 5 heteroatoms. The predicted molar refractivity (Wildman–Crippen MR) is 75.7 cm³/mol. The minimum absolute atomic E-state index is 0.0376. The van der Waals surface area contributed by atoms with Gasteiger partial charge in [0.05, 0.1) is 0 Å². The maximum absolute atomic E-state index is 11.9. The van der Waals surface area contributed by atoms with Crippen LogP contribution >= 0.6 is 0 Å². The minimum atomic E-state index is -0.768. The Hall–Kier alpha value is -0.420. The van der Waals surface area contributed by atoms with E-state index < -0.39 is 10.8 Å². The topological polar surface area (TPSA) is 72.2 Å². The van der Waals surface area contributed by atoms with Crippen LogP contribution in [0.15, 0.2) is 0 Å². The van der Waals surface area contributed by atoms with Crippen molar-refractivity contribution in [1.29, 1.82) is 0 Å². The van der Waals surface area contributed by atoms with E-state index in [-0.39, 0.29) is 11.3 Å². The monoisotopic (exact) mass is 274 g/mol. The maximum Gasteiger partial charge on any atom is 0.220 e. The fourth-order valence-corrected chi connectivity index (χ4v) is 3.21. The highest BCUT2D eigenvalue weighted by Crippen LogP contribution is 2.38. The molecule has 1 fully saturated rings. The van der Waals surface area contributed by atoms with Gasteiger partial charge in [0.1, 0.15) is 0 Å². The smallest absolute Gasteiger partial charge is 0.220 e. The van der Waals surface area contributed by atoms with E-state index in [1.54, 1.807) is 6.26 Å². The molecule has 0 radical (unpaired) electrons. The highest BCUT2D eigenvalue weighted by Gasteiger charge is 2.32. The first-order valence-electron chi connectivity index (χ1n) is 6.85. The molecule has 106 valence electrons. The quantitative estimate of drug-likeness (QED) is 0.685. The van der Waals surface area contributed by atoms with Gasteiger partial charge < -0.3 is 11.1 Å². The summed E-state index contributed by atoms with van der Waals surface area (Å²) in [5, 5.41) is 2.92. The van der Waals surface area contributed by atoms with Crippen LogP contribution in [0.1, 0.15) is 44.9 Å². The Morgan fingerprint density at radius 3 is 2.56 bits per heavy atom. The van der Waals surface area contributed by atoms with Crippen molar-refractivity contribution in [2.24, 2.45) is 11.1 Å². The van der Waals surface area contributed by atoms with Gasteiger partial charge in [-0.1, -0.05) is 19.3 Å². The van der Waals surface area contributed by atoms with Gasteiger partial charge >= 0.3 is 0 Å². The predicted octanol–water partition coefficient (Wildman–Crippen LogP) is 1.17. The summed E-state index contributed by atoms with van der Waals surface area (Å²) in [5.74, 6) is 0.756. The van der Waals surface area contributed by atoms with Crippen LogP contribution < -0.4 is 11.1 Å². The van der Waals surface area contributed by atoms with Crippen molar-refractivity contribution >= 4 is 16.7 Å². The summed E-state index contributed by atoms with van der Waals surface area (Å²) in [6, 6.07) is 0. The van der Waals surface area contributed by atoms with Crippen LogP contribution in [0.25, 0.3) is 0 Å². The van der Waals surface area contributed by atoms with Gasteiger partial charge in [0.2, 0.25) is 5.91 Å². The highest BCUT2D eigenvalue weighted by atomic mass is 32.2. The molecule has 0 aliphatic heterocycles. The minimum Gasteiger partial charge on any atom is -0.356 e. The molecule has 0 saturated heterocycles. The van der Waals surface area contributed by atoms with E-state index in [1.165, 1.54) is 19.3 Å². The van der Waals surface area contributed by atoms with E-state index in [2.05, 4.69) is 5.32 Å². The molecule has 1 rings (SSSR count). The maximum atomic E-state index is 11.9. The zero-order valence-corrected chi connectivity index (χ0v) is 12.2. The zero-order valence-electron chi connectivity index (χ0n) is 11.4.